The molecule has 1 heterocycles. The molecule has 1 aromatic rings. The molecule has 0 aliphatic heterocycles. The summed E-state index contributed by atoms with van der Waals surface area (Å²) in [5.41, 5.74) is 6.21. The molecule has 1 rings (SSSR count). The van der Waals surface area contributed by atoms with Crippen molar-refractivity contribution in [3.63, 3.8) is 0 Å². The molecule has 0 fully saturated rings. The summed E-state index contributed by atoms with van der Waals surface area (Å²) in [5, 5.41) is 0. The van der Waals surface area contributed by atoms with Gasteiger partial charge in [0, 0.05) is 16.9 Å². The van der Waals surface area contributed by atoms with Crippen molar-refractivity contribution in [2.45, 2.75) is 6.04 Å². The number of methoxy groups -OCH3 is 1. The van der Waals surface area contributed by atoms with E-state index in [0.717, 1.165) is 4.47 Å². The number of hydrogen-bond donors (Lipinski definition) is 1. The van der Waals surface area contributed by atoms with Gasteiger partial charge in [0.1, 0.15) is 6.04 Å². The summed E-state index contributed by atoms with van der Waals surface area (Å²) in [7, 11) is 1.30. The number of pyridine rings is 1. The molecule has 0 saturated heterocycles. The Hall–Kier alpha value is -0.650. The van der Waals surface area contributed by atoms with E-state index in [1.54, 1.807) is 12.3 Å². The Balaban J connectivity index is 0.00000169. The molecule has 1 aromatic heterocycles. The number of ether oxygens (including phenoxy) is 1. The topological polar surface area (TPSA) is 65.2 Å². The molecule has 78 valence electrons. The van der Waals surface area contributed by atoms with E-state index in [9.17, 15) is 4.79 Å². The number of rotatable bonds is 2. The summed E-state index contributed by atoms with van der Waals surface area (Å²) in [5.74, 6) is -0.472. The standard InChI is InChI=1S/C8H9BrN2O2.ClH/c1-13-8(12)7(10)5-2-6(9)4-11-3-5;/h2-4,7H,10H2,1H3;1H/t7-;/m0./s1. The quantitative estimate of drug-likeness (QED) is 0.833. The smallest absolute Gasteiger partial charge is 0.327 e. The zero-order chi connectivity index (χ0) is 9.84. The minimum atomic E-state index is -0.769. The van der Waals surface area contributed by atoms with Crippen LogP contribution in [-0.2, 0) is 9.53 Å². The minimum Gasteiger partial charge on any atom is -0.468 e. The molecule has 0 unspecified atom stereocenters. The maximum Gasteiger partial charge on any atom is 0.327 e. The van der Waals surface area contributed by atoms with Crippen LogP contribution in [0.4, 0.5) is 0 Å². The third kappa shape index (κ3) is 3.25. The van der Waals surface area contributed by atoms with Crippen molar-refractivity contribution in [1.82, 2.24) is 4.98 Å². The molecule has 0 amide bonds. The van der Waals surface area contributed by atoms with Crippen molar-refractivity contribution in [3.8, 4) is 0 Å². The first-order valence-electron chi connectivity index (χ1n) is 3.59. The minimum absolute atomic E-state index is 0. The van der Waals surface area contributed by atoms with Crippen LogP contribution in [0.25, 0.3) is 0 Å². The summed E-state index contributed by atoms with van der Waals surface area (Å²) in [4.78, 5) is 14.9. The van der Waals surface area contributed by atoms with E-state index in [1.807, 2.05) is 0 Å². The summed E-state index contributed by atoms with van der Waals surface area (Å²) in [6, 6.07) is 0.962. The van der Waals surface area contributed by atoms with E-state index in [0.29, 0.717) is 5.56 Å². The van der Waals surface area contributed by atoms with Crippen LogP contribution in [0.3, 0.4) is 0 Å². The zero-order valence-corrected chi connectivity index (χ0v) is 9.84. The fraction of sp³-hybridized carbons (Fsp3) is 0.250. The van der Waals surface area contributed by atoms with Crippen molar-refractivity contribution >= 4 is 34.3 Å². The van der Waals surface area contributed by atoms with Gasteiger partial charge in [-0.25, -0.2) is 0 Å². The number of nitrogens with two attached hydrogens (primary N) is 1. The van der Waals surface area contributed by atoms with E-state index < -0.39 is 12.0 Å². The molecule has 0 saturated carbocycles. The predicted octanol–water partition coefficient (Wildman–Crippen LogP) is 1.44. The first kappa shape index (κ1) is 13.4. The maximum atomic E-state index is 11.0. The summed E-state index contributed by atoms with van der Waals surface area (Å²) in [6.45, 7) is 0. The first-order valence-corrected chi connectivity index (χ1v) is 4.38. The molecule has 1 atom stereocenters. The third-order valence-corrected chi connectivity index (χ3v) is 1.97. The van der Waals surface area contributed by atoms with Crippen molar-refractivity contribution in [1.29, 1.82) is 0 Å². The highest BCUT2D eigenvalue weighted by molar-refractivity contribution is 9.10. The predicted molar refractivity (Wildman–Crippen MR) is 58.1 cm³/mol. The van der Waals surface area contributed by atoms with Crippen LogP contribution in [0.2, 0.25) is 0 Å². The van der Waals surface area contributed by atoms with E-state index in [2.05, 4.69) is 25.7 Å². The van der Waals surface area contributed by atoms with Crippen LogP contribution >= 0.6 is 28.3 Å². The van der Waals surface area contributed by atoms with Crippen molar-refractivity contribution < 1.29 is 9.53 Å². The average Bonchev–Trinajstić information content (AvgIpc) is 2.15. The third-order valence-electron chi connectivity index (χ3n) is 1.54. The second-order valence-electron chi connectivity index (χ2n) is 2.44. The average molecular weight is 282 g/mol. The largest absolute Gasteiger partial charge is 0.468 e. The van der Waals surface area contributed by atoms with Gasteiger partial charge in [0.2, 0.25) is 0 Å². The Morgan fingerprint density at radius 1 is 1.64 bits per heavy atom. The van der Waals surface area contributed by atoms with Gasteiger partial charge in [-0.1, -0.05) is 0 Å². The van der Waals surface area contributed by atoms with E-state index in [-0.39, 0.29) is 12.4 Å². The zero-order valence-electron chi connectivity index (χ0n) is 7.44. The second-order valence-corrected chi connectivity index (χ2v) is 3.35. The van der Waals surface area contributed by atoms with Gasteiger partial charge in [-0.3, -0.25) is 9.78 Å². The first-order chi connectivity index (χ1) is 6.15. The number of aromatic nitrogens is 1. The second kappa shape index (κ2) is 5.95. The van der Waals surface area contributed by atoms with Crippen LogP contribution in [0, 0.1) is 0 Å². The normalized spacial score (nSPS) is 11.4. The number of nitrogens with zero attached hydrogens (tertiary/aromatic N) is 1. The Bertz CT molecular complexity index is 322. The SMILES string of the molecule is COC(=O)[C@@H](N)c1cncc(Br)c1.Cl. The molecule has 0 aliphatic rings. The van der Waals surface area contributed by atoms with Gasteiger partial charge in [0.25, 0.3) is 0 Å². The Morgan fingerprint density at radius 2 is 2.29 bits per heavy atom. The van der Waals surface area contributed by atoms with Crippen molar-refractivity contribution in [2.75, 3.05) is 7.11 Å². The van der Waals surface area contributed by atoms with Crippen LogP contribution in [0.5, 0.6) is 0 Å². The highest BCUT2D eigenvalue weighted by Gasteiger charge is 2.16. The van der Waals surface area contributed by atoms with Gasteiger partial charge in [0.05, 0.1) is 7.11 Å². The highest BCUT2D eigenvalue weighted by Crippen LogP contribution is 2.15. The van der Waals surface area contributed by atoms with Gasteiger partial charge < -0.3 is 10.5 Å². The van der Waals surface area contributed by atoms with E-state index in [1.165, 1.54) is 13.3 Å². The number of esters is 1. The lowest BCUT2D eigenvalue weighted by molar-refractivity contribution is -0.142. The summed E-state index contributed by atoms with van der Waals surface area (Å²) < 4.78 is 5.28. The van der Waals surface area contributed by atoms with Gasteiger partial charge >= 0.3 is 5.97 Å². The van der Waals surface area contributed by atoms with Crippen LogP contribution in [0.15, 0.2) is 22.9 Å². The molecule has 0 aromatic carbocycles. The molecular weight excluding hydrogens is 271 g/mol. The highest BCUT2D eigenvalue weighted by atomic mass is 79.9. The molecule has 0 radical (unpaired) electrons. The molecule has 2 N–H and O–H groups in total. The van der Waals surface area contributed by atoms with E-state index >= 15 is 0 Å². The van der Waals surface area contributed by atoms with Gasteiger partial charge in [-0.15, -0.1) is 12.4 Å². The Kier molecular flexibility index (Phi) is 5.68. The lowest BCUT2D eigenvalue weighted by Gasteiger charge is -2.08. The number of carbonyl (C=O) groups excluding carboxylic acids is 1. The van der Waals surface area contributed by atoms with Crippen LogP contribution in [-0.4, -0.2) is 18.1 Å². The molecule has 4 nitrogen and oxygen atoms in total. The maximum absolute atomic E-state index is 11.0. The monoisotopic (exact) mass is 280 g/mol. The summed E-state index contributed by atoms with van der Waals surface area (Å²) >= 11 is 3.23. The Labute approximate surface area is 96.4 Å². The lowest BCUT2D eigenvalue weighted by atomic mass is 10.1. The van der Waals surface area contributed by atoms with Gasteiger partial charge in [-0.2, -0.15) is 0 Å². The van der Waals surface area contributed by atoms with E-state index in [4.69, 9.17) is 5.73 Å². The van der Waals surface area contributed by atoms with Gasteiger partial charge in [-0.05, 0) is 27.6 Å². The van der Waals surface area contributed by atoms with Crippen molar-refractivity contribution in [3.05, 3.63) is 28.5 Å². The Morgan fingerprint density at radius 3 is 2.79 bits per heavy atom. The number of hydrogen-bond acceptors (Lipinski definition) is 4. The van der Waals surface area contributed by atoms with Crippen molar-refractivity contribution in [2.24, 2.45) is 5.73 Å². The number of carbonyl (C=O) groups is 1. The molecule has 0 spiro atoms. The molecule has 14 heavy (non-hydrogen) atoms. The molecule has 6 heteroatoms. The molecular formula is C8H10BrClN2O2. The summed E-state index contributed by atoms with van der Waals surface area (Å²) in [6.07, 6.45) is 3.15. The van der Waals surface area contributed by atoms with Crippen LogP contribution < -0.4 is 5.73 Å². The van der Waals surface area contributed by atoms with Crippen LogP contribution in [0.1, 0.15) is 11.6 Å². The number of halogens is 2. The molecule has 0 aliphatic carbocycles. The fourth-order valence-corrected chi connectivity index (χ4v) is 1.24. The van der Waals surface area contributed by atoms with Gasteiger partial charge in [0.15, 0.2) is 0 Å². The lowest BCUT2D eigenvalue weighted by Crippen LogP contribution is -2.22. The molecule has 0 bridgehead atoms. The fourth-order valence-electron chi connectivity index (χ4n) is 0.861.